The Morgan fingerprint density at radius 1 is 1.00 bits per heavy atom. The fraction of sp³-hybridized carbons (Fsp3) is 0.333. The van der Waals surface area contributed by atoms with Crippen molar-refractivity contribution in [3.63, 3.8) is 0 Å². The maximum atomic E-state index is 13.0. The van der Waals surface area contributed by atoms with Crippen molar-refractivity contribution in [3.8, 4) is 5.75 Å². The number of hydrogen-bond donors (Lipinski definition) is 0. The zero-order valence-corrected chi connectivity index (χ0v) is 15.8. The van der Waals surface area contributed by atoms with Crippen LogP contribution in [-0.4, -0.2) is 55.1 Å². The van der Waals surface area contributed by atoms with Gasteiger partial charge in [0.05, 0.1) is 7.11 Å². The van der Waals surface area contributed by atoms with Gasteiger partial charge in [-0.25, -0.2) is 9.18 Å². The predicted molar refractivity (Wildman–Crippen MR) is 102 cm³/mol. The molecule has 0 aliphatic carbocycles. The van der Waals surface area contributed by atoms with Crippen molar-refractivity contribution in [2.45, 2.75) is 13.0 Å². The van der Waals surface area contributed by atoms with Gasteiger partial charge in [-0.3, -0.25) is 4.79 Å². The number of nitrogens with zero attached hydrogens (tertiary/aromatic N) is 2. The largest absolute Gasteiger partial charge is 0.489 e. The molecule has 3 rings (SSSR count). The van der Waals surface area contributed by atoms with Crippen LogP contribution in [0.15, 0.2) is 48.5 Å². The zero-order chi connectivity index (χ0) is 19.9. The average Bonchev–Trinajstić information content (AvgIpc) is 2.99. The van der Waals surface area contributed by atoms with E-state index in [0.29, 0.717) is 43.9 Å². The molecule has 0 radical (unpaired) electrons. The van der Waals surface area contributed by atoms with Gasteiger partial charge >= 0.3 is 6.09 Å². The lowest BCUT2D eigenvalue weighted by Crippen LogP contribution is -2.37. The topological polar surface area (TPSA) is 59.1 Å². The molecule has 148 valence electrons. The lowest BCUT2D eigenvalue weighted by Gasteiger charge is -2.21. The van der Waals surface area contributed by atoms with Crippen molar-refractivity contribution in [1.29, 1.82) is 0 Å². The van der Waals surface area contributed by atoms with Crippen molar-refractivity contribution < 1.29 is 23.5 Å². The Morgan fingerprint density at radius 2 is 1.71 bits per heavy atom. The van der Waals surface area contributed by atoms with E-state index in [1.807, 2.05) is 0 Å². The SMILES string of the molecule is COC(=O)N1CCCN(C(=O)c2cccc(OCc3ccc(F)cc3)c2)CC1. The summed E-state index contributed by atoms with van der Waals surface area (Å²) in [5.41, 5.74) is 1.37. The highest BCUT2D eigenvalue weighted by Crippen LogP contribution is 2.18. The Balaban J connectivity index is 1.61. The number of rotatable bonds is 4. The lowest BCUT2D eigenvalue weighted by atomic mass is 10.2. The van der Waals surface area contributed by atoms with Gasteiger partial charge in [-0.05, 0) is 42.3 Å². The Kier molecular flexibility index (Phi) is 6.47. The normalized spacial score (nSPS) is 14.4. The third-order valence-electron chi connectivity index (χ3n) is 4.62. The van der Waals surface area contributed by atoms with Crippen molar-refractivity contribution in [3.05, 3.63) is 65.5 Å². The van der Waals surface area contributed by atoms with E-state index in [9.17, 15) is 14.0 Å². The number of methoxy groups -OCH3 is 1. The van der Waals surface area contributed by atoms with Gasteiger partial charge in [0.1, 0.15) is 18.2 Å². The van der Waals surface area contributed by atoms with E-state index in [1.165, 1.54) is 19.2 Å². The van der Waals surface area contributed by atoms with Crippen LogP contribution in [0.25, 0.3) is 0 Å². The molecule has 0 unspecified atom stereocenters. The molecule has 2 aromatic rings. The molecule has 1 heterocycles. The van der Waals surface area contributed by atoms with E-state index in [1.54, 1.807) is 46.2 Å². The first-order valence-corrected chi connectivity index (χ1v) is 9.16. The quantitative estimate of drug-likeness (QED) is 0.809. The van der Waals surface area contributed by atoms with Crippen molar-refractivity contribution in [2.24, 2.45) is 0 Å². The van der Waals surface area contributed by atoms with Crippen molar-refractivity contribution in [1.82, 2.24) is 9.80 Å². The van der Waals surface area contributed by atoms with Crippen LogP contribution in [0, 0.1) is 5.82 Å². The van der Waals surface area contributed by atoms with Gasteiger partial charge in [0.15, 0.2) is 0 Å². The van der Waals surface area contributed by atoms with Gasteiger partial charge in [0, 0.05) is 31.7 Å². The van der Waals surface area contributed by atoms with Crippen LogP contribution in [0.4, 0.5) is 9.18 Å². The van der Waals surface area contributed by atoms with Gasteiger partial charge in [0.2, 0.25) is 0 Å². The molecular weight excluding hydrogens is 363 g/mol. The fourth-order valence-corrected chi connectivity index (χ4v) is 3.08. The zero-order valence-electron chi connectivity index (χ0n) is 15.8. The molecule has 6 nitrogen and oxygen atoms in total. The van der Waals surface area contributed by atoms with Gasteiger partial charge in [-0.15, -0.1) is 0 Å². The molecule has 2 aromatic carbocycles. The average molecular weight is 386 g/mol. The van der Waals surface area contributed by atoms with Gasteiger partial charge < -0.3 is 19.3 Å². The van der Waals surface area contributed by atoms with Crippen LogP contribution in [0.3, 0.4) is 0 Å². The number of carbonyl (C=O) groups excluding carboxylic acids is 2. The molecule has 0 bridgehead atoms. The molecule has 28 heavy (non-hydrogen) atoms. The number of ether oxygens (including phenoxy) is 2. The summed E-state index contributed by atoms with van der Waals surface area (Å²) >= 11 is 0. The summed E-state index contributed by atoms with van der Waals surface area (Å²) in [7, 11) is 1.35. The van der Waals surface area contributed by atoms with E-state index >= 15 is 0 Å². The molecule has 1 aliphatic heterocycles. The second kappa shape index (κ2) is 9.21. The summed E-state index contributed by atoms with van der Waals surface area (Å²) in [6.45, 7) is 2.33. The molecule has 7 heteroatoms. The summed E-state index contributed by atoms with van der Waals surface area (Å²) in [4.78, 5) is 27.9. The van der Waals surface area contributed by atoms with Crippen LogP contribution in [0.2, 0.25) is 0 Å². The van der Waals surface area contributed by atoms with Crippen molar-refractivity contribution in [2.75, 3.05) is 33.3 Å². The maximum Gasteiger partial charge on any atom is 0.409 e. The summed E-state index contributed by atoms with van der Waals surface area (Å²) in [5, 5.41) is 0. The highest BCUT2D eigenvalue weighted by Gasteiger charge is 2.23. The summed E-state index contributed by atoms with van der Waals surface area (Å²) < 4.78 is 23.5. The van der Waals surface area contributed by atoms with E-state index in [2.05, 4.69) is 0 Å². The van der Waals surface area contributed by atoms with Gasteiger partial charge in [-0.1, -0.05) is 18.2 Å². The lowest BCUT2D eigenvalue weighted by molar-refractivity contribution is 0.0756. The number of amides is 2. The van der Waals surface area contributed by atoms with Gasteiger partial charge in [-0.2, -0.15) is 0 Å². The van der Waals surface area contributed by atoms with E-state index in [0.717, 1.165) is 5.56 Å². The number of hydrogen-bond acceptors (Lipinski definition) is 4. The molecule has 0 spiro atoms. The highest BCUT2D eigenvalue weighted by molar-refractivity contribution is 5.94. The first kappa shape index (κ1) is 19.7. The molecule has 0 aromatic heterocycles. The first-order chi connectivity index (χ1) is 13.6. The summed E-state index contributed by atoms with van der Waals surface area (Å²) in [6, 6.07) is 13.1. The molecule has 0 atom stereocenters. The third kappa shape index (κ3) is 5.00. The van der Waals surface area contributed by atoms with Gasteiger partial charge in [0.25, 0.3) is 5.91 Å². The summed E-state index contributed by atoms with van der Waals surface area (Å²) in [5.74, 6) is 0.180. The minimum absolute atomic E-state index is 0.0982. The summed E-state index contributed by atoms with van der Waals surface area (Å²) in [6.07, 6.45) is 0.326. The standard InChI is InChI=1S/C21H23FN2O4/c1-27-21(26)24-11-3-10-23(12-13-24)20(25)17-4-2-5-19(14-17)28-15-16-6-8-18(22)9-7-16/h2,4-9,14H,3,10-13,15H2,1H3. The second-order valence-electron chi connectivity index (χ2n) is 6.55. The number of halogens is 1. The molecule has 2 amide bonds. The maximum absolute atomic E-state index is 13.0. The first-order valence-electron chi connectivity index (χ1n) is 9.16. The second-order valence-corrected chi connectivity index (χ2v) is 6.55. The van der Waals surface area contributed by atoms with Crippen LogP contribution in [-0.2, 0) is 11.3 Å². The molecule has 1 fully saturated rings. The van der Waals surface area contributed by atoms with Crippen molar-refractivity contribution >= 4 is 12.0 Å². The smallest absolute Gasteiger partial charge is 0.409 e. The Labute approximate surface area is 163 Å². The molecule has 0 saturated carbocycles. The van der Waals surface area contributed by atoms with E-state index in [4.69, 9.17) is 9.47 Å². The Morgan fingerprint density at radius 3 is 2.46 bits per heavy atom. The van der Waals surface area contributed by atoms with Crippen LogP contribution >= 0.6 is 0 Å². The Hall–Kier alpha value is -3.09. The van der Waals surface area contributed by atoms with E-state index in [-0.39, 0.29) is 24.4 Å². The Bertz CT molecular complexity index is 825. The van der Waals surface area contributed by atoms with E-state index < -0.39 is 0 Å². The number of benzene rings is 2. The minimum Gasteiger partial charge on any atom is -0.489 e. The monoisotopic (exact) mass is 386 g/mol. The predicted octanol–water partition coefficient (Wildman–Crippen LogP) is 3.32. The third-order valence-corrected chi connectivity index (χ3v) is 4.62. The highest BCUT2D eigenvalue weighted by atomic mass is 19.1. The fourth-order valence-electron chi connectivity index (χ4n) is 3.08. The molecular formula is C21H23FN2O4. The molecule has 1 aliphatic rings. The van der Waals surface area contributed by atoms with Crippen LogP contribution in [0.5, 0.6) is 5.75 Å². The number of carbonyl (C=O) groups is 2. The minimum atomic E-state index is -0.370. The van der Waals surface area contributed by atoms with Crippen LogP contribution in [0.1, 0.15) is 22.3 Å². The molecule has 0 N–H and O–H groups in total. The molecule has 1 saturated heterocycles. The van der Waals surface area contributed by atoms with Crippen LogP contribution < -0.4 is 4.74 Å².